The summed E-state index contributed by atoms with van der Waals surface area (Å²) in [6.45, 7) is 4.26. The van der Waals surface area contributed by atoms with Crippen molar-refractivity contribution in [1.82, 2.24) is 5.32 Å². The number of halogens is 1. The highest BCUT2D eigenvalue weighted by Crippen LogP contribution is 2.43. The fourth-order valence-corrected chi connectivity index (χ4v) is 3.18. The first kappa shape index (κ1) is 11.9. The number of likely N-dealkylation sites (N-methyl/N-ethyl adjacent to an activating group) is 1. The summed E-state index contributed by atoms with van der Waals surface area (Å²) >= 11 is 6.34. The van der Waals surface area contributed by atoms with Gasteiger partial charge in [-0.2, -0.15) is 0 Å². The molecule has 1 aromatic rings. The Labute approximate surface area is 103 Å². The molecule has 0 unspecified atom stereocenters. The van der Waals surface area contributed by atoms with Gasteiger partial charge in [0.2, 0.25) is 0 Å². The highest BCUT2D eigenvalue weighted by Gasteiger charge is 2.36. The summed E-state index contributed by atoms with van der Waals surface area (Å²) in [6, 6.07) is 8.34. The average molecular weight is 238 g/mol. The van der Waals surface area contributed by atoms with E-state index in [9.17, 15) is 0 Å². The minimum atomic E-state index is 0.286. The zero-order valence-corrected chi connectivity index (χ0v) is 10.7. The molecule has 0 bridgehead atoms. The molecule has 0 amide bonds. The molecule has 0 spiro atoms. The van der Waals surface area contributed by atoms with Crippen LogP contribution in [0.15, 0.2) is 24.3 Å². The second-order valence-electron chi connectivity index (χ2n) is 4.75. The number of rotatable bonds is 4. The van der Waals surface area contributed by atoms with Gasteiger partial charge in [0, 0.05) is 17.0 Å². The molecular formula is C14H20ClN. The monoisotopic (exact) mass is 237 g/mol. The summed E-state index contributed by atoms with van der Waals surface area (Å²) in [7, 11) is 0. The first-order valence-corrected chi connectivity index (χ1v) is 6.62. The van der Waals surface area contributed by atoms with Crippen LogP contribution in [0.3, 0.4) is 0 Å². The van der Waals surface area contributed by atoms with Crippen molar-refractivity contribution in [3.63, 3.8) is 0 Å². The molecule has 2 heteroatoms. The third-order valence-electron chi connectivity index (χ3n) is 3.72. The molecule has 1 fully saturated rings. The van der Waals surface area contributed by atoms with E-state index in [1.165, 1.54) is 31.2 Å². The van der Waals surface area contributed by atoms with Gasteiger partial charge in [-0.3, -0.25) is 0 Å². The van der Waals surface area contributed by atoms with Crippen LogP contribution in [0.2, 0.25) is 5.02 Å². The standard InChI is InChI=1S/C14H20ClN/c1-2-16-11-14(9-5-6-10-14)12-7-3-4-8-13(12)15/h3-4,7-8,16H,2,5-6,9-11H2,1H3. The Balaban J connectivity index is 2.28. The zero-order chi connectivity index (χ0) is 11.4. The zero-order valence-electron chi connectivity index (χ0n) is 9.93. The van der Waals surface area contributed by atoms with E-state index in [-0.39, 0.29) is 5.41 Å². The maximum atomic E-state index is 6.34. The Morgan fingerprint density at radius 1 is 1.25 bits per heavy atom. The molecule has 0 saturated heterocycles. The van der Waals surface area contributed by atoms with E-state index in [4.69, 9.17) is 11.6 Å². The van der Waals surface area contributed by atoms with Gasteiger partial charge in [0.15, 0.2) is 0 Å². The molecule has 0 aliphatic heterocycles. The van der Waals surface area contributed by atoms with Crippen molar-refractivity contribution < 1.29 is 0 Å². The summed E-state index contributed by atoms with van der Waals surface area (Å²) in [5.74, 6) is 0. The highest BCUT2D eigenvalue weighted by atomic mass is 35.5. The van der Waals surface area contributed by atoms with E-state index in [2.05, 4.69) is 24.4 Å². The lowest BCUT2D eigenvalue weighted by atomic mass is 9.78. The van der Waals surface area contributed by atoms with Gasteiger partial charge >= 0.3 is 0 Å². The van der Waals surface area contributed by atoms with Gasteiger partial charge in [-0.15, -0.1) is 0 Å². The Morgan fingerprint density at radius 2 is 1.94 bits per heavy atom. The lowest BCUT2D eigenvalue weighted by Gasteiger charge is -2.30. The maximum Gasteiger partial charge on any atom is 0.0444 e. The van der Waals surface area contributed by atoms with Gasteiger partial charge in [-0.25, -0.2) is 0 Å². The third-order valence-corrected chi connectivity index (χ3v) is 4.05. The summed E-state index contributed by atoms with van der Waals surface area (Å²) in [4.78, 5) is 0. The molecule has 0 heterocycles. The Morgan fingerprint density at radius 3 is 2.56 bits per heavy atom. The first-order chi connectivity index (χ1) is 7.78. The Bertz CT molecular complexity index is 342. The van der Waals surface area contributed by atoms with Crippen molar-refractivity contribution in [2.24, 2.45) is 0 Å². The number of benzene rings is 1. The van der Waals surface area contributed by atoms with Crippen LogP contribution in [0.1, 0.15) is 38.2 Å². The minimum Gasteiger partial charge on any atom is -0.316 e. The second kappa shape index (κ2) is 5.20. The van der Waals surface area contributed by atoms with Gasteiger partial charge in [0.05, 0.1) is 0 Å². The van der Waals surface area contributed by atoms with Crippen LogP contribution in [0, 0.1) is 0 Å². The van der Waals surface area contributed by atoms with E-state index >= 15 is 0 Å². The number of hydrogen-bond donors (Lipinski definition) is 1. The van der Waals surface area contributed by atoms with Crippen molar-refractivity contribution in [2.75, 3.05) is 13.1 Å². The average Bonchev–Trinajstić information content (AvgIpc) is 2.77. The lowest BCUT2D eigenvalue weighted by molar-refractivity contribution is 0.410. The fraction of sp³-hybridized carbons (Fsp3) is 0.571. The van der Waals surface area contributed by atoms with Crippen LogP contribution in [-0.4, -0.2) is 13.1 Å². The Kier molecular flexibility index (Phi) is 3.88. The summed E-state index contributed by atoms with van der Waals surface area (Å²) in [5, 5.41) is 4.43. The molecule has 0 aromatic heterocycles. The summed E-state index contributed by atoms with van der Waals surface area (Å²) in [5.41, 5.74) is 1.63. The molecule has 1 saturated carbocycles. The normalized spacial score (nSPS) is 18.9. The Hall–Kier alpha value is -0.530. The van der Waals surface area contributed by atoms with Crippen molar-refractivity contribution in [1.29, 1.82) is 0 Å². The molecule has 0 atom stereocenters. The molecule has 16 heavy (non-hydrogen) atoms. The van der Waals surface area contributed by atoms with E-state index in [0.29, 0.717) is 0 Å². The molecule has 88 valence electrons. The van der Waals surface area contributed by atoms with Crippen LogP contribution in [0.5, 0.6) is 0 Å². The third kappa shape index (κ3) is 2.26. The van der Waals surface area contributed by atoms with Crippen molar-refractivity contribution >= 4 is 11.6 Å². The molecular weight excluding hydrogens is 218 g/mol. The van der Waals surface area contributed by atoms with Crippen molar-refractivity contribution in [3.05, 3.63) is 34.9 Å². The van der Waals surface area contributed by atoms with Crippen LogP contribution in [-0.2, 0) is 5.41 Å². The predicted octanol–water partition coefficient (Wildman–Crippen LogP) is 3.76. The largest absolute Gasteiger partial charge is 0.316 e. The number of hydrogen-bond acceptors (Lipinski definition) is 1. The van der Waals surface area contributed by atoms with Gasteiger partial charge in [0.25, 0.3) is 0 Å². The van der Waals surface area contributed by atoms with Crippen molar-refractivity contribution in [2.45, 2.75) is 38.0 Å². The SMILES string of the molecule is CCNCC1(c2ccccc2Cl)CCCC1. The van der Waals surface area contributed by atoms with E-state index in [1.807, 2.05) is 12.1 Å². The van der Waals surface area contributed by atoms with Crippen LogP contribution >= 0.6 is 11.6 Å². The van der Waals surface area contributed by atoms with Crippen LogP contribution in [0.4, 0.5) is 0 Å². The van der Waals surface area contributed by atoms with Gasteiger partial charge in [-0.05, 0) is 31.0 Å². The van der Waals surface area contributed by atoms with Crippen LogP contribution < -0.4 is 5.32 Å². The molecule has 0 radical (unpaired) electrons. The second-order valence-corrected chi connectivity index (χ2v) is 5.15. The number of nitrogens with one attached hydrogen (secondary N) is 1. The first-order valence-electron chi connectivity index (χ1n) is 6.24. The maximum absolute atomic E-state index is 6.34. The summed E-state index contributed by atoms with van der Waals surface area (Å²) < 4.78 is 0. The summed E-state index contributed by atoms with van der Waals surface area (Å²) in [6.07, 6.45) is 5.20. The molecule has 1 N–H and O–H groups in total. The molecule has 1 aromatic carbocycles. The molecule has 1 aliphatic carbocycles. The smallest absolute Gasteiger partial charge is 0.0444 e. The molecule has 1 aliphatic rings. The highest BCUT2D eigenvalue weighted by molar-refractivity contribution is 6.31. The molecule has 2 rings (SSSR count). The lowest BCUT2D eigenvalue weighted by Crippen LogP contribution is -2.36. The fourth-order valence-electron chi connectivity index (χ4n) is 2.85. The van der Waals surface area contributed by atoms with Crippen LogP contribution in [0.25, 0.3) is 0 Å². The van der Waals surface area contributed by atoms with E-state index in [0.717, 1.165) is 18.1 Å². The van der Waals surface area contributed by atoms with E-state index < -0.39 is 0 Å². The van der Waals surface area contributed by atoms with Gasteiger partial charge < -0.3 is 5.32 Å². The van der Waals surface area contributed by atoms with Gasteiger partial charge in [0.1, 0.15) is 0 Å². The minimum absolute atomic E-state index is 0.286. The van der Waals surface area contributed by atoms with Gasteiger partial charge in [-0.1, -0.05) is 49.6 Å². The van der Waals surface area contributed by atoms with E-state index in [1.54, 1.807) is 0 Å². The predicted molar refractivity (Wildman–Crippen MR) is 70.1 cm³/mol. The molecule has 1 nitrogen and oxygen atoms in total. The quantitative estimate of drug-likeness (QED) is 0.841. The topological polar surface area (TPSA) is 12.0 Å². The van der Waals surface area contributed by atoms with Crippen molar-refractivity contribution in [3.8, 4) is 0 Å².